The summed E-state index contributed by atoms with van der Waals surface area (Å²) in [5.74, 6) is 1.53. The maximum Gasteiger partial charge on any atom is 0.193 e. The zero-order valence-electron chi connectivity index (χ0n) is 17.6. The Morgan fingerprint density at radius 3 is 2.59 bits per heavy atom. The van der Waals surface area contributed by atoms with E-state index in [4.69, 9.17) is 14.5 Å². The van der Waals surface area contributed by atoms with Crippen LogP contribution in [0.4, 0.5) is 0 Å². The summed E-state index contributed by atoms with van der Waals surface area (Å²) < 4.78 is 11.5. The molecule has 0 spiro atoms. The van der Waals surface area contributed by atoms with Gasteiger partial charge in [0.2, 0.25) is 0 Å². The Balaban J connectivity index is 1.59. The molecular formula is C24H33N3O2. The molecule has 2 aromatic rings. The Morgan fingerprint density at radius 2 is 1.86 bits per heavy atom. The molecule has 0 amide bonds. The van der Waals surface area contributed by atoms with E-state index in [1.165, 1.54) is 16.7 Å². The average molecular weight is 396 g/mol. The van der Waals surface area contributed by atoms with Crippen LogP contribution in [0.2, 0.25) is 0 Å². The van der Waals surface area contributed by atoms with Crippen molar-refractivity contribution in [2.75, 3.05) is 33.4 Å². The largest absolute Gasteiger partial charge is 0.381 e. The van der Waals surface area contributed by atoms with Gasteiger partial charge < -0.3 is 19.7 Å². The maximum absolute atomic E-state index is 5.95. The molecule has 1 aliphatic rings. The Morgan fingerprint density at radius 1 is 1.10 bits per heavy atom. The van der Waals surface area contributed by atoms with Crippen LogP contribution in [0.5, 0.6) is 0 Å². The molecule has 1 aliphatic heterocycles. The van der Waals surface area contributed by atoms with Crippen LogP contribution in [0.25, 0.3) is 0 Å². The van der Waals surface area contributed by atoms with E-state index in [9.17, 15) is 0 Å². The van der Waals surface area contributed by atoms with Gasteiger partial charge in [0, 0.05) is 32.7 Å². The molecule has 1 heterocycles. The molecule has 3 rings (SSSR count). The van der Waals surface area contributed by atoms with Crippen molar-refractivity contribution in [3.8, 4) is 0 Å². The standard InChI is InChI=1S/C24H33N3O2/c1-3-25-24(27(2)16-21-13-14-28-18-21)26-15-22-11-7-8-12-23(22)19-29-17-20-9-5-4-6-10-20/h4-12,21H,3,13-19H2,1-2H3,(H,25,26). The molecule has 29 heavy (non-hydrogen) atoms. The number of hydrogen-bond acceptors (Lipinski definition) is 3. The normalized spacial score (nSPS) is 16.8. The second-order valence-corrected chi connectivity index (χ2v) is 7.53. The van der Waals surface area contributed by atoms with E-state index < -0.39 is 0 Å². The Hall–Kier alpha value is -2.37. The SMILES string of the molecule is CCNC(=NCc1ccccc1COCc1ccccc1)N(C)CC1CCOC1. The van der Waals surface area contributed by atoms with Crippen LogP contribution in [0.3, 0.4) is 0 Å². The lowest BCUT2D eigenvalue weighted by molar-refractivity contribution is 0.106. The van der Waals surface area contributed by atoms with E-state index in [1.54, 1.807) is 0 Å². The molecule has 1 atom stereocenters. The van der Waals surface area contributed by atoms with Gasteiger partial charge in [0.1, 0.15) is 0 Å². The monoisotopic (exact) mass is 395 g/mol. The minimum Gasteiger partial charge on any atom is -0.381 e. The summed E-state index contributed by atoms with van der Waals surface area (Å²) in [5.41, 5.74) is 3.58. The quantitative estimate of drug-likeness (QED) is 0.518. The highest BCUT2D eigenvalue weighted by Gasteiger charge is 2.19. The van der Waals surface area contributed by atoms with Crippen LogP contribution >= 0.6 is 0 Å². The fraction of sp³-hybridized carbons (Fsp3) is 0.458. The number of rotatable bonds is 9. The first-order chi connectivity index (χ1) is 14.3. The fourth-order valence-corrected chi connectivity index (χ4v) is 3.54. The molecule has 0 saturated carbocycles. The summed E-state index contributed by atoms with van der Waals surface area (Å²) in [6.07, 6.45) is 1.13. The first-order valence-corrected chi connectivity index (χ1v) is 10.5. The van der Waals surface area contributed by atoms with E-state index in [2.05, 4.69) is 60.6 Å². The van der Waals surface area contributed by atoms with Gasteiger partial charge in [-0.2, -0.15) is 0 Å². The van der Waals surface area contributed by atoms with Crippen molar-refractivity contribution in [3.63, 3.8) is 0 Å². The number of nitrogens with zero attached hydrogens (tertiary/aromatic N) is 2. The van der Waals surface area contributed by atoms with Gasteiger partial charge >= 0.3 is 0 Å². The summed E-state index contributed by atoms with van der Waals surface area (Å²) >= 11 is 0. The predicted octanol–water partition coefficient (Wildman–Crippen LogP) is 3.84. The molecule has 1 N–H and O–H groups in total. The third-order valence-electron chi connectivity index (χ3n) is 5.14. The average Bonchev–Trinajstić information content (AvgIpc) is 3.25. The van der Waals surface area contributed by atoms with Crippen LogP contribution in [0.1, 0.15) is 30.0 Å². The lowest BCUT2D eigenvalue weighted by Crippen LogP contribution is -2.41. The summed E-state index contributed by atoms with van der Waals surface area (Å²) in [7, 11) is 2.11. The number of nitrogens with one attached hydrogen (secondary N) is 1. The highest BCUT2D eigenvalue weighted by atomic mass is 16.5. The molecule has 0 bridgehead atoms. The van der Waals surface area contributed by atoms with Crippen LogP contribution in [-0.2, 0) is 29.2 Å². The molecule has 0 aliphatic carbocycles. The van der Waals surface area contributed by atoms with Crippen molar-refractivity contribution in [3.05, 3.63) is 71.3 Å². The molecular weight excluding hydrogens is 362 g/mol. The fourth-order valence-electron chi connectivity index (χ4n) is 3.54. The molecule has 0 radical (unpaired) electrons. The zero-order valence-corrected chi connectivity index (χ0v) is 17.6. The van der Waals surface area contributed by atoms with Crippen molar-refractivity contribution in [1.29, 1.82) is 0 Å². The molecule has 156 valence electrons. The molecule has 1 saturated heterocycles. The summed E-state index contributed by atoms with van der Waals surface area (Å²) in [5, 5.41) is 3.41. The molecule has 0 aromatic heterocycles. The number of hydrogen-bond donors (Lipinski definition) is 1. The lowest BCUT2D eigenvalue weighted by atomic mass is 10.1. The Labute approximate surface area is 174 Å². The van der Waals surface area contributed by atoms with Crippen LogP contribution < -0.4 is 5.32 Å². The number of aliphatic imine (C=N–C) groups is 1. The third kappa shape index (κ3) is 6.87. The summed E-state index contributed by atoms with van der Waals surface area (Å²) in [4.78, 5) is 7.11. The van der Waals surface area contributed by atoms with Gasteiger partial charge in [-0.3, -0.25) is 0 Å². The molecule has 2 aromatic carbocycles. The first-order valence-electron chi connectivity index (χ1n) is 10.5. The minimum absolute atomic E-state index is 0.586. The summed E-state index contributed by atoms with van der Waals surface area (Å²) in [6.45, 7) is 7.50. The number of ether oxygens (including phenoxy) is 2. The van der Waals surface area contributed by atoms with Gasteiger partial charge in [-0.25, -0.2) is 4.99 Å². The van der Waals surface area contributed by atoms with Gasteiger partial charge in [-0.05, 0) is 30.0 Å². The van der Waals surface area contributed by atoms with Crippen LogP contribution in [-0.4, -0.2) is 44.2 Å². The van der Waals surface area contributed by atoms with E-state index in [0.717, 1.165) is 38.7 Å². The van der Waals surface area contributed by atoms with Crippen molar-refractivity contribution in [1.82, 2.24) is 10.2 Å². The molecule has 5 heteroatoms. The van der Waals surface area contributed by atoms with Crippen molar-refractivity contribution in [2.24, 2.45) is 10.9 Å². The second kappa shape index (κ2) is 11.6. The third-order valence-corrected chi connectivity index (χ3v) is 5.14. The zero-order chi connectivity index (χ0) is 20.3. The van der Waals surface area contributed by atoms with Gasteiger partial charge in [0.05, 0.1) is 26.4 Å². The van der Waals surface area contributed by atoms with E-state index in [0.29, 0.717) is 25.7 Å². The van der Waals surface area contributed by atoms with E-state index >= 15 is 0 Å². The van der Waals surface area contributed by atoms with Crippen molar-refractivity contribution in [2.45, 2.75) is 33.1 Å². The topological polar surface area (TPSA) is 46.1 Å². The number of guanidine groups is 1. The maximum atomic E-state index is 5.95. The van der Waals surface area contributed by atoms with E-state index in [1.807, 2.05) is 18.2 Å². The molecule has 5 nitrogen and oxygen atoms in total. The van der Waals surface area contributed by atoms with Gasteiger partial charge in [-0.15, -0.1) is 0 Å². The van der Waals surface area contributed by atoms with Gasteiger partial charge in [0.15, 0.2) is 5.96 Å². The van der Waals surface area contributed by atoms with Gasteiger partial charge in [-0.1, -0.05) is 54.6 Å². The Kier molecular flexibility index (Phi) is 8.53. The second-order valence-electron chi connectivity index (χ2n) is 7.53. The first kappa shape index (κ1) is 21.3. The van der Waals surface area contributed by atoms with Crippen LogP contribution in [0, 0.1) is 5.92 Å². The summed E-state index contributed by atoms with van der Waals surface area (Å²) in [6, 6.07) is 18.7. The Bertz CT molecular complexity index is 758. The lowest BCUT2D eigenvalue weighted by Gasteiger charge is -2.24. The van der Waals surface area contributed by atoms with Crippen LogP contribution in [0.15, 0.2) is 59.6 Å². The van der Waals surface area contributed by atoms with E-state index in [-0.39, 0.29) is 0 Å². The smallest absolute Gasteiger partial charge is 0.193 e. The highest BCUT2D eigenvalue weighted by molar-refractivity contribution is 5.79. The number of benzene rings is 2. The van der Waals surface area contributed by atoms with Crippen molar-refractivity contribution >= 4 is 5.96 Å². The molecule has 1 unspecified atom stereocenters. The predicted molar refractivity (Wildman–Crippen MR) is 118 cm³/mol. The highest BCUT2D eigenvalue weighted by Crippen LogP contribution is 2.15. The minimum atomic E-state index is 0.586. The van der Waals surface area contributed by atoms with Crippen molar-refractivity contribution < 1.29 is 9.47 Å². The molecule has 1 fully saturated rings. The van der Waals surface area contributed by atoms with Gasteiger partial charge in [0.25, 0.3) is 0 Å².